The first-order chi connectivity index (χ1) is 18.2. The van der Waals surface area contributed by atoms with E-state index >= 15 is 0 Å². The molecular formula is C29H45N3O7. The van der Waals surface area contributed by atoms with Crippen molar-refractivity contribution >= 4 is 29.7 Å². The van der Waals surface area contributed by atoms with Crippen LogP contribution in [0.5, 0.6) is 0 Å². The highest BCUT2D eigenvalue weighted by molar-refractivity contribution is 6.36. The van der Waals surface area contributed by atoms with Gasteiger partial charge in [-0.25, -0.2) is 9.59 Å². The molecule has 0 spiro atoms. The molecule has 0 aromatic rings. The zero-order valence-electron chi connectivity index (χ0n) is 24.2. The Balaban J connectivity index is 1.55. The molecule has 1 heterocycles. The molecule has 0 radical (unpaired) electrons. The van der Waals surface area contributed by atoms with Gasteiger partial charge in [-0.2, -0.15) is 0 Å². The van der Waals surface area contributed by atoms with Gasteiger partial charge < -0.3 is 25.0 Å². The summed E-state index contributed by atoms with van der Waals surface area (Å²) in [6.07, 6.45) is 6.30. The van der Waals surface area contributed by atoms with Crippen LogP contribution in [0, 0.1) is 29.1 Å². The number of methoxy groups -OCH3 is 1. The summed E-state index contributed by atoms with van der Waals surface area (Å²) in [7, 11) is 1.15. The van der Waals surface area contributed by atoms with Crippen LogP contribution in [-0.4, -0.2) is 71.9 Å². The van der Waals surface area contributed by atoms with Crippen molar-refractivity contribution in [2.24, 2.45) is 29.1 Å². The summed E-state index contributed by atoms with van der Waals surface area (Å²) in [6, 6.07) is -2.56. The molecule has 10 nitrogen and oxygen atoms in total. The van der Waals surface area contributed by atoms with Gasteiger partial charge in [0, 0.05) is 6.54 Å². The van der Waals surface area contributed by atoms with Crippen molar-refractivity contribution in [1.82, 2.24) is 15.5 Å². The van der Waals surface area contributed by atoms with Gasteiger partial charge in [0.05, 0.1) is 13.2 Å². The zero-order chi connectivity index (χ0) is 28.7. The predicted molar refractivity (Wildman–Crippen MR) is 142 cm³/mol. The summed E-state index contributed by atoms with van der Waals surface area (Å²) < 4.78 is 10.1. The predicted octanol–water partition coefficient (Wildman–Crippen LogP) is 2.97. The first-order valence-electron chi connectivity index (χ1n) is 14.5. The van der Waals surface area contributed by atoms with Crippen molar-refractivity contribution in [3.63, 3.8) is 0 Å². The maximum atomic E-state index is 14.1. The van der Waals surface area contributed by atoms with E-state index in [1.54, 1.807) is 25.7 Å². The van der Waals surface area contributed by atoms with E-state index in [1.807, 2.05) is 0 Å². The Morgan fingerprint density at radius 1 is 0.974 bits per heavy atom. The van der Waals surface area contributed by atoms with E-state index in [2.05, 4.69) is 29.2 Å². The molecule has 3 saturated carbocycles. The topological polar surface area (TPSA) is 131 Å². The van der Waals surface area contributed by atoms with Gasteiger partial charge in [0.15, 0.2) is 0 Å². The van der Waals surface area contributed by atoms with E-state index in [9.17, 15) is 24.0 Å². The normalized spacial score (nSPS) is 27.5. The minimum Gasteiger partial charge on any atom is -0.463 e. The minimum atomic E-state index is -0.983. The Kier molecular flexibility index (Phi) is 8.34. The van der Waals surface area contributed by atoms with Gasteiger partial charge in [0.25, 0.3) is 5.78 Å². The molecule has 3 amide bonds. The number of carbonyl (C=O) groups is 5. The Hall–Kier alpha value is -2.65. The van der Waals surface area contributed by atoms with Gasteiger partial charge >= 0.3 is 12.1 Å². The van der Waals surface area contributed by atoms with Crippen molar-refractivity contribution in [3.8, 4) is 0 Å². The summed E-state index contributed by atoms with van der Waals surface area (Å²) >= 11 is 0. The van der Waals surface area contributed by atoms with Gasteiger partial charge in [-0.3, -0.25) is 14.4 Å². The lowest BCUT2D eigenvalue weighted by atomic mass is 9.83. The van der Waals surface area contributed by atoms with Crippen molar-refractivity contribution in [3.05, 3.63) is 0 Å². The fourth-order valence-electron chi connectivity index (χ4n) is 6.69. The Labute approximate surface area is 231 Å². The number of hydrogen-bond acceptors (Lipinski definition) is 7. The highest BCUT2D eigenvalue weighted by Gasteiger charge is 2.69. The Morgan fingerprint density at radius 2 is 1.62 bits per heavy atom. The third-order valence-corrected chi connectivity index (χ3v) is 9.11. The fourth-order valence-corrected chi connectivity index (χ4v) is 6.69. The monoisotopic (exact) mass is 547 g/mol. The van der Waals surface area contributed by atoms with E-state index in [0.29, 0.717) is 13.0 Å². The molecule has 10 heteroatoms. The van der Waals surface area contributed by atoms with Gasteiger partial charge in [0.2, 0.25) is 11.8 Å². The average Bonchev–Trinajstić information content (AvgIpc) is 3.72. The molecule has 0 bridgehead atoms. The summed E-state index contributed by atoms with van der Waals surface area (Å²) in [5, 5.41) is 5.67. The molecule has 1 saturated heterocycles. The third kappa shape index (κ3) is 6.57. The first kappa shape index (κ1) is 29.3. The number of amides is 3. The second kappa shape index (κ2) is 11.1. The van der Waals surface area contributed by atoms with Crippen LogP contribution in [0.4, 0.5) is 4.79 Å². The molecule has 4 aliphatic rings. The van der Waals surface area contributed by atoms with E-state index in [0.717, 1.165) is 52.1 Å². The summed E-state index contributed by atoms with van der Waals surface area (Å²) in [6.45, 7) is 9.90. The summed E-state index contributed by atoms with van der Waals surface area (Å²) in [5.41, 5.74) is -0.842. The van der Waals surface area contributed by atoms with Crippen LogP contribution in [0.2, 0.25) is 0 Å². The Bertz CT molecular complexity index is 993. The molecule has 4 fully saturated rings. The highest BCUT2D eigenvalue weighted by atomic mass is 16.6. The number of nitrogens with one attached hydrogen (secondary N) is 2. The van der Waals surface area contributed by atoms with Crippen LogP contribution in [0.15, 0.2) is 0 Å². The van der Waals surface area contributed by atoms with Gasteiger partial charge in [-0.05, 0) is 69.1 Å². The molecule has 3 unspecified atom stereocenters. The van der Waals surface area contributed by atoms with Crippen LogP contribution in [-0.2, 0) is 28.7 Å². The van der Waals surface area contributed by atoms with E-state index in [4.69, 9.17) is 4.74 Å². The zero-order valence-corrected chi connectivity index (χ0v) is 24.2. The Morgan fingerprint density at radius 3 is 2.18 bits per heavy atom. The second-order valence-corrected chi connectivity index (χ2v) is 13.5. The lowest BCUT2D eigenvalue weighted by Crippen LogP contribution is -2.59. The first-order valence-corrected chi connectivity index (χ1v) is 14.5. The minimum absolute atomic E-state index is 0.0454. The molecule has 0 aromatic heterocycles. The standard InChI is InChI=1S/C29H45N3O7/c1-28(2,3)39-27(37)31-21(17-10-8-7-9-11-17)25(35)32-15-18-20(29(18,4)5)22(32)24(34)30-19(14-16-12-13-16)23(33)26(36)38-6/h16-22H,7-15H2,1-6H3,(H,30,34)(H,31,37)/t18?,19?,20?,21-,22-/m0/s1. The molecule has 4 rings (SSSR count). The van der Waals surface area contributed by atoms with E-state index < -0.39 is 47.5 Å². The fraction of sp³-hybridized carbons (Fsp3) is 0.828. The molecule has 3 aliphatic carbocycles. The van der Waals surface area contributed by atoms with Crippen molar-refractivity contribution < 1.29 is 33.4 Å². The number of fused-ring (bicyclic) bond motifs is 1. The number of piperidine rings is 1. The number of nitrogens with zero attached hydrogens (tertiary/aromatic N) is 1. The number of alkyl carbamates (subject to hydrolysis) is 1. The van der Waals surface area contributed by atoms with Crippen LogP contribution < -0.4 is 10.6 Å². The molecule has 218 valence electrons. The molecular weight excluding hydrogens is 502 g/mol. The number of hydrogen-bond donors (Lipinski definition) is 2. The number of carbonyl (C=O) groups excluding carboxylic acids is 5. The van der Waals surface area contributed by atoms with Crippen LogP contribution >= 0.6 is 0 Å². The van der Waals surface area contributed by atoms with Crippen molar-refractivity contribution in [2.45, 2.75) is 110 Å². The van der Waals surface area contributed by atoms with Crippen LogP contribution in [0.3, 0.4) is 0 Å². The summed E-state index contributed by atoms with van der Waals surface area (Å²) in [4.78, 5) is 67.1. The van der Waals surface area contributed by atoms with Gasteiger partial charge in [-0.1, -0.05) is 46.0 Å². The van der Waals surface area contributed by atoms with Crippen molar-refractivity contribution in [1.29, 1.82) is 0 Å². The van der Waals surface area contributed by atoms with Gasteiger partial charge in [-0.15, -0.1) is 0 Å². The maximum absolute atomic E-state index is 14.1. The third-order valence-electron chi connectivity index (χ3n) is 9.11. The highest BCUT2D eigenvalue weighted by Crippen LogP contribution is 2.65. The average molecular weight is 548 g/mol. The quantitative estimate of drug-likeness (QED) is 0.335. The number of rotatable bonds is 9. The molecule has 39 heavy (non-hydrogen) atoms. The molecule has 5 atom stereocenters. The molecule has 2 N–H and O–H groups in total. The number of ether oxygens (including phenoxy) is 2. The SMILES string of the molecule is COC(=O)C(=O)C(CC1CC1)NC(=O)[C@@H]1C2C(CN1C(=O)[C@@H](NC(=O)OC(C)(C)C)C1CCCCC1)C2(C)C. The molecule has 0 aromatic carbocycles. The molecule has 1 aliphatic heterocycles. The van der Waals surface area contributed by atoms with Crippen LogP contribution in [0.25, 0.3) is 0 Å². The smallest absolute Gasteiger partial charge is 0.408 e. The lowest BCUT2D eigenvalue weighted by Gasteiger charge is -2.37. The van der Waals surface area contributed by atoms with Gasteiger partial charge in [0.1, 0.15) is 17.7 Å². The number of esters is 1. The summed E-state index contributed by atoms with van der Waals surface area (Å²) in [5.74, 6) is -2.15. The maximum Gasteiger partial charge on any atom is 0.408 e. The second-order valence-electron chi connectivity index (χ2n) is 13.5. The van der Waals surface area contributed by atoms with E-state index in [-0.39, 0.29) is 35.0 Å². The van der Waals surface area contributed by atoms with E-state index in [1.165, 1.54) is 0 Å². The van der Waals surface area contributed by atoms with Crippen molar-refractivity contribution in [2.75, 3.05) is 13.7 Å². The number of ketones is 1. The number of Topliss-reactive ketones (excluding diaryl/α,β-unsaturated/α-hetero) is 1. The van der Waals surface area contributed by atoms with Crippen LogP contribution in [0.1, 0.15) is 86.0 Å². The largest absolute Gasteiger partial charge is 0.463 e. The number of likely N-dealkylation sites (tertiary alicyclic amines) is 1. The lowest BCUT2D eigenvalue weighted by molar-refractivity contribution is -0.153.